The van der Waals surface area contributed by atoms with Crippen LogP contribution in [0.1, 0.15) is 67.2 Å². The lowest BCUT2D eigenvalue weighted by Gasteiger charge is -2.18. The Kier molecular flexibility index (Phi) is 6.65. The van der Waals surface area contributed by atoms with Gasteiger partial charge in [-0.2, -0.15) is 5.10 Å². The highest BCUT2D eigenvalue weighted by Crippen LogP contribution is 2.32. The molecule has 0 unspecified atom stereocenters. The van der Waals surface area contributed by atoms with Gasteiger partial charge >= 0.3 is 0 Å². The van der Waals surface area contributed by atoms with Gasteiger partial charge in [0.05, 0.1) is 17.6 Å². The van der Waals surface area contributed by atoms with Gasteiger partial charge in [0.25, 0.3) is 0 Å². The summed E-state index contributed by atoms with van der Waals surface area (Å²) >= 11 is 0. The molecule has 0 radical (unpaired) electrons. The van der Waals surface area contributed by atoms with Gasteiger partial charge < -0.3 is 5.32 Å². The molecule has 1 fully saturated rings. The molecule has 32 heavy (non-hydrogen) atoms. The predicted molar refractivity (Wildman–Crippen MR) is 125 cm³/mol. The van der Waals surface area contributed by atoms with Crippen LogP contribution in [0.3, 0.4) is 0 Å². The molecule has 0 saturated carbocycles. The van der Waals surface area contributed by atoms with Gasteiger partial charge in [-0.05, 0) is 32.0 Å². The summed E-state index contributed by atoms with van der Waals surface area (Å²) in [4.78, 5) is 23.0. The van der Waals surface area contributed by atoms with E-state index in [0.29, 0.717) is 18.4 Å². The van der Waals surface area contributed by atoms with Crippen molar-refractivity contribution in [2.45, 2.75) is 59.0 Å². The minimum absolute atomic E-state index is 0.0306. The van der Waals surface area contributed by atoms with E-state index in [0.717, 1.165) is 48.7 Å². The highest BCUT2D eigenvalue weighted by atomic mass is 16.1. The Morgan fingerprint density at radius 1 is 1.16 bits per heavy atom. The number of likely N-dealkylation sites (tertiary alicyclic amines) is 1. The monoisotopic (exact) mass is 432 g/mol. The Labute approximate surface area is 189 Å². The van der Waals surface area contributed by atoms with E-state index in [1.165, 1.54) is 11.3 Å². The summed E-state index contributed by atoms with van der Waals surface area (Å²) in [5.41, 5.74) is 5.68. The van der Waals surface area contributed by atoms with Gasteiger partial charge in [-0.1, -0.05) is 31.5 Å². The van der Waals surface area contributed by atoms with Crippen molar-refractivity contribution >= 4 is 5.91 Å². The Bertz CT molecular complexity index is 1060. The van der Waals surface area contributed by atoms with E-state index in [2.05, 4.69) is 65.2 Å². The Morgan fingerprint density at radius 2 is 1.88 bits per heavy atom. The Morgan fingerprint density at radius 3 is 2.53 bits per heavy atom. The first kappa shape index (κ1) is 22.1. The predicted octanol–water partition coefficient (Wildman–Crippen LogP) is 3.72. The summed E-state index contributed by atoms with van der Waals surface area (Å²) in [5.74, 6) is 1.54. The molecule has 7 heteroatoms. The van der Waals surface area contributed by atoms with Crippen molar-refractivity contribution in [2.75, 3.05) is 13.1 Å². The van der Waals surface area contributed by atoms with Gasteiger partial charge in [0.1, 0.15) is 5.82 Å². The summed E-state index contributed by atoms with van der Waals surface area (Å²) in [6, 6.07) is 8.43. The van der Waals surface area contributed by atoms with E-state index >= 15 is 0 Å². The second-order valence-corrected chi connectivity index (χ2v) is 9.04. The number of rotatable bonds is 7. The van der Waals surface area contributed by atoms with Crippen molar-refractivity contribution in [3.8, 4) is 5.69 Å². The molecule has 1 aromatic carbocycles. The molecule has 0 aliphatic carbocycles. The average molecular weight is 433 g/mol. The average Bonchev–Trinajstić information content (AvgIpc) is 3.40. The van der Waals surface area contributed by atoms with Crippen LogP contribution in [-0.2, 0) is 17.9 Å². The molecule has 1 amide bonds. The van der Waals surface area contributed by atoms with Gasteiger partial charge in [0.2, 0.25) is 5.91 Å². The van der Waals surface area contributed by atoms with Gasteiger partial charge in [-0.25, -0.2) is 14.6 Å². The number of hydrogen-bond donors (Lipinski definition) is 1. The fraction of sp³-hybridized carbons (Fsp3) is 0.440. The standard InChI is InChI=1S/C25H32N6O/c1-17(2)25-27-11-20(12-28-25)15-30-10-9-21(16-30)24-22(13-26-19(4)32)14-29-31(24)23-7-5-18(3)6-8-23/h5-8,11-12,14,17,21H,9-10,13,15-16H2,1-4H3,(H,26,32)/t21-/m1/s1. The summed E-state index contributed by atoms with van der Waals surface area (Å²) < 4.78 is 2.05. The molecular weight excluding hydrogens is 400 g/mol. The minimum Gasteiger partial charge on any atom is -0.352 e. The first-order valence-corrected chi connectivity index (χ1v) is 11.3. The van der Waals surface area contributed by atoms with Crippen LogP contribution in [0.2, 0.25) is 0 Å². The van der Waals surface area contributed by atoms with Crippen molar-refractivity contribution in [3.05, 3.63) is 71.1 Å². The lowest BCUT2D eigenvalue weighted by molar-refractivity contribution is -0.119. The van der Waals surface area contributed by atoms with Crippen LogP contribution in [0.15, 0.2) is 42.9 Å². The van der Waals surface area contributed by atoms with E-state index < -0.39 is 0 Å². The second-order valence-electron chi connectivity index (χ2n) is 9.04. The van der Waals surface area contributed by atoms with Gasteiger partial charge in [0.15, 0.2) is 0 Å². The third kappa shape index (κ3) is 5.05. The van der Waals surface area contributed by atoms with Crippen LogP contribution in [-0.4, -0.2) is 43.6 Å². The molecule has 3 aromatic rings. The van der Waals surface area contributed by atoms with Crippen LogP contribution in [0, 0.1) is 6.92 Å². The van der Waals surface area contributed by atoms with Gasteiger partial charge in [-0.15, -0.1) is 0 Å². The Balaban J connectivity index is 1.54. The molecule has 2 aromatic heterocycles. The van der Waals surface area contributed by atoms with Gasteiger partial charge in [-0.3, -0.25) is 9.69 Å². The van der Waals surface area contributed by atoms with Crippen LogP contribution in [0.4, 0.5) is 0 Å². The fourth-order valence-electron chi connectivity index (χ4n) is 4.28. The lowest BCUT2D eigenvalue weighted by Crippen LogP contribution is -2.23. The molecule has 0 spiro atoms. The van der Waals surface area contributed by atoms with Crippen LogP contribution in [0.5, 0.6) is 0 Å². The number of benzene rings is 1. The molecule has 3 heterocycles. The summed E-state index contributed by atoms with van der Waals surface area (Å²) in [6.07, 6.45) is 6.85. The van der Waals surface area contributed by atoms with E-state index in [4.69, 9.17) is 5.10 Å². The lowest BCUT2D eigenvalue weighted by atomic mass is 10.00. The molecule has 1 saturated heterocycles. The highest BCUT2D eigenvalue weighted by molar-refractivity contribution is 5.72. The largest absolute Gasteiger partial charge is 0.352 e. The molecule has 168 valence electrons. The van der Waals surface area contributed by atoms with E-state index in [-0.39, 0.29) is 5.91 Å². The normalized spacial score (nSPS) is 16.6. The molecule has 1 aliphatic heterocycles. The maximum absolute atomic E-state index is 11.5. The highest BCUT2D eigenvalue weighted by Gasteiger charge is 2.29. The number of nitrogens with zero attached hydrogens (tertiary/aromatic N) is 5. The van der Waals surface area contributed by atoms with Crippen LogP contribution in [0.25, 0.3) is 5.69 Å². The van der Waals surface area contributed by atoms with Crippen molar-refractivity contribution in [1.82, 2.24) is 30.0 Å². The maximum atomic E-state index is 11.5. The molecule has 1 N–H and O–H groups in total. The molecule has 4 rings (SSSR count). The van der Waals surface area contributed by atoms with Crippen molar-refractivity contribution in [3.63, 3.8) is 0 Å². The molecule has 1 aliphatic rings. The van der Waals surface area contributed by atoms with E-state index in [1.807, 2.05) is 23.3 Å². The second kappa shape index (κ2) is 9.61. The fourth-order valence-corrected chi connectivity index (χ4v) is 4.28. The zero-order chi connectivity index (χ0) is 22.7. The van der Waals surface area contributed by atoms with E-state index in [9.17, 15) is 4.79 Å². The number of carbonyl (C=O) groups excluding carboxylic acids is 1. The Hall–Kier alpha value is -3.06. The third-order valence-electron chi connectivity index (χ3n) is 6.00. The van der Waals surface area contributed by atoms with Crippen LogP contribution >= 0.6 is 0 Å². The topological polar surface area (TPSA) is 75.9 Å². The minimum atomic E-state index is -0.0306. The SMILES string of the molecule is CC(=O)NCc1cnn(-c2ccc(C)cc2)c1[C@@H]1CCN(Cc2cnc(C(C)C)nc2)C1. The number of amides is 1. The number of nitrogens with one attached hydrogen (secondary N) is 1. The van der Waals surface area contributed by atoms with Crippen molar-refractivity contribution in [2.24, 2.45) is 0 Å². The maximum Gasteiger partial charge on any atom is 0.217 e. The smallest absolute Gasteiger partial charge is 0.217 e. The number of aromatic nitrogens is 4. The summed E-state index contributed by atoms with van der Waals surface area (Å²) in [5, 5.41) is 7.64. The quantitative estimate of drug-likeness (QED) is 0.616. The van der Waals surface area contributed by atoms with E-state index in [1.54, 1.807) is 6.92 Å². The number of carbonyl (C=O) groups is 1. The molecule has 1 atom stereocenters. The first-order chi connectivity index (χ1) is 15.4. The van der Waals surface area contributed by atoms with Crippen LogP contribution < -0.4 is 5.32 Å². The molecule has 0 bridgehead atoms. The zero-order valence-electron chi connectivity index (χ0n) is 19.4. The first-order valence-electron chi connectivity index (χ1n) is 11.3. The zero-order valence-corrected chi connectivity index (χ0v) is 19.4. The number of hydrogen-bond acceptors (Lipinski definition) is 5. The summed E-state index contributed by atoms with van der Waals surface area (Å²) in [6.45, 7) is 11.1. The van der Waals surface area contributed by atoms with Crippen molar-refractivity contribution in [1.29, 1.82) is 0 Å². The van der Waals surface area contributed by atoms with Crippen molar-refractivity contribution < 1.29 is 4.79 Å². The molecule has 7 nitrogen and oxygen atoms in total. The van der Waals surface area contributed by atoms with Gasteiger partial charge in [0, 0.05) is 61.9 Å². The third-order valence-corrected chi connectivity index (χ3v) is 6.00. The molecular formula is C25H32N6O. The number of aryl methyl sites for hydroxylation is 1. The summed E-state index contributed by atoms with van der Waals surface area (Å²) in [7, 11) is 0.